The summed E-state index contributed by atoms with van der Waals surface area (Å²) in [6, 6.07) is 12.0. The molecule has 1 atom stereocenters. The molecule has 6 nitrogen and oxygen atoms in total. The van der Waals surface area contributed by atoms with Crippen LogP contribution >= 0.6 is 11.6 Å². The molecule has 7 heteroatoms. The Morgan fingerprint density at radius 1 is 1.38 bits per heavy atom. The molecule has 0 spiro atoms. The Bertz CT molecular complexity index is 843. The van der Waals surface area contributed by atoms with Crippen molar-refractivity contribution in [3.8, 4) is 17.1 Å². The van der Waals surface area contributed by atoms with Crippen LogP contribution in [0.3, 0.4) is 0 Å². The molecule has 1 aromatic carbocycles. The highest BCUT2D eigenvalue weighted by atomic mass is 35.5. The monoisotopic (exact) mass is 345 g/mol. The van der Waals surface area contributed by atoms with E-state index in [1.807, 2.05) is 6.07 Å². The van der Waals surface area contributed by atoms with Crippen LogP contribution in [0.5, 0.6) is 0 Å². The van der Waals surface area contributed by atoms with Gasteiger partial charge in [-0.15, -0.1) is 0 Å². The number of rotatable bonds is 5. The van der Waals surface area contributed by atoms with Crippen molar-refractivity contribution in [1.82, 2.24) is 15.1 Å². The van der Waals surface area contributed by atoms with Crippen LogP contribution in [0.4, 0.5) is 0 Å². The van der Waals surface area contributed by atoms with E-state index in [0.29, 0.717) is 22.2 Å². The molecule has 2 aromatic heterocycles. The number of benzene rings is 1. The van der Waals surface area contributed by atoms with Gasteiger partial charge in [-0.25, -0.2) is 4.68 Å². The minimum absolute atomic E-state index is 0.147. The molecule has 0 bridgehead atoms. The van der Waals surface area contributed by atoms with Crippen LogP contribution < -0.4 is 5.32 Å². The number of nitrogens with one attached hydrogen (secondary N) is 1. The average molecular weight is 346 g/mol. The number of hydrogen-bond acceptors (Lipinski definition) is 4. The van der Waals surface area contributed by atoms with E-state index in [4.69, 9.17) is 21.1 Å². The molecular weight excluding hydrogens is 330 g/mol. The smallest absolute Gasteiger partial charge is 0.272 e. The molecule has 0 aliphatic heterocycles. The Hall–Kier alpha value is -2.57. The van der Waals surface area contributed by atoms with Crippen LogP contribution in [-0.2, 0) is 0 Å². The van der Waals surface area contributed by atoms with Gasteiger partial charge in [-0.3, -0.25) is 4.79 Å². The predicted molar refractivity (Wildman–Crippen MR) is 90.3 cm³/mol. The number of carbonyl (C=O) groups excluding carboxylic acids is 1. The van der Waals surface area contributed by atoms with Crippen molar-refractivity contribution in [3.63, 3.8) is 0 Å². The quantitative estimate of drug-likeness (QED) is 0.745. The highest BCUT2D eigenvalue weighted by Crippen LogP contribution is 2.25. The molecule has 1 amide bonds. The topological polar surface area (TPSA) is 80.3 Å². The summed E-state index contributed by atoms with van der Waals surface area (Å²) in [5.41, 5.74) is 1.56. The van der Waals surface area contributed by atoms with Crippen molar-refractivity contribution in [1.29, 1.82) is 0 Å². The fourth-order valence-electron chi connectivity index (χ4n) is 2.24. The van der Waals surface area contributed by atoms with E-state index in [1.54, 1.807) is 54.3 Å². The maximum absolute atomic E-state index is 12.3. The van der Waals surface area contributed by atoms with Gasteiger partial charge < -0.3 is 14.8 Å². The van der Waals surface area contributed by atoms with E-state index >= 15 is 0 Å². The lowest BCUT2D eigenvalue weighted by Gasteiger charge is -2.08. The molecule has 0 saturated heterocycles. The summed E-state index contributed by atoms with van der Waals surface area (Å²) >= 11 is 6.06. The third kappa shape index (κ3) is 3.34. The van der Waals surface area contributed by atoms with Crippen LogP contribution in [0.2, 0.25) is 5.02 Å². The Kier molecular flexibility index (Phi) is 4.69. The first-order chi connectivity index (χ1) is 11.6. The number of aliphatic hydroxyl groups is 1. The molecule has 0 fully saturated rings. The molecule has 2 heterocycles. The van der Waals surface area contributed by atoms with Gasteiger partial charge in [-0.2, -0.15) is 5.10 Å². The van der Waals surface area contributed by atoms with Gasteiger partial charge in [0, 0.05) is 17.1 Å². The fraction of sp³-hybridized carbons (Fsp3) is 0.176. The van der Waals surface area contributed by atoms with E-state index in [2.05, 4.69) is 10.4 Å². The standard InChI is InChI=1S/C17H16ClN3O3/c1-11(10-22)19-17(23)14-9-15(16-6-3-7-24-16)21(20-14)13-5-2-4-12(18)8-13/h2-9,11,22H,10H2,1H3,(H,19,23). The van der Waals surface area contributed by atoms with Gasteiger partial charge in [0.2, 0.25) is 0 Å². The van der Waals surface area contributed by atoms with Crippen molar-refractivity contribution in [2.75, 3.05) is 6.61 Å². The van der Waals surface area contributed by atoms with Gasteiger partial charge in [-0.05, 0) is 37.3 Å². The van der Waals surface area contributed by atoms with Crippen molar-refractivity contribution in [3.05, 3.63) is 59.4 Å². The molecule has 0 aliphatic rings. The Morgan fingerprint density at radius 2 is 2.21 bits per heavy atom. The van der Waals surface area contributed by atoms with Crippen molar-refractivity contribution < 1.29 is 14.3 Å². The summed E-state index contributed by atoms with van der Waals surface area (Å²) in [6.45, 7) is 1.56. The maximum Gasteiger partial charge on any atom is 0.272 e. The summed E-state index contributed by atoms with van der Waals surface area (Å²) in [5.74, 6) is 0.210. The fourth-order valence-corrected chi connectivity index (χ4v) is 2.42. The van der Waals surface area contributed by atoms with Crippen LogP contribution in [0.25, 0.3) is 17.1 Å². The lowest BCUT2D eigenvalue weighted by Crippen LogP contribution is -2.35. The number of hydrogen-bond donors (Lipinski definition) is 2. The highest BCUT2D eigenvalue weighted by Gasteiger charge is 2.19. The lowest BCUT2D eigenvalue weighted by atomic mass is 10.2. The SMILES string of the molecule is CC(CO)NC(=O)c1cc(-c2ccco2)n(-c2cccc(Cl)c2)n1. The molecule has 3 aromatic rings. The first-order valence-electron chi connectivity index (χ1n) is 7.40. The van der Waals surface area contributed by atoms with Gasteiger partial charge in [0.15, 0.2) is 11.5 Å². The zero-order valence-electron chi connectivity index (χ0n) is 12.9. The van der Waals surface area contributed by atoms with E-state index in [0.717, 1.165) is 0 Å². The Balaban J connectivity index is 2.05. The minimum Gasteiger partial charge on any atom is -0.463 e. The second-order valence-electron chi connectivity index (χ2n) is 5.34. The number of amides is 1. The lowest BCUT2D eigenvalue weighted by molar-refractivity contribution is 0.0917. The molecule has 0 radical (unpaired) electrons. The van der Waals surface area contributed by atoms with Crippen molar-refractivity contribution in [2.45, 2.75) is 13.0 Å². The van der Waals surface area contributed by atoms with Crippen LogP contribution in [-0.4, -0.2) is 33.4 Å². The Morgan fingerprint density at radius 3 is 2.88 bits per heavy atom. The summed E-state index contributed by atoms with van der Waals surface area (Å²) in [6.07, 6.45) is 1.55. The molecule has 0 saturated carbocycles. The largest absolute Gasteiger partial charge is 0.463 e. The second kappa shape index (κ2) is 6.90. The van der Waals surface area contributed by atoms with Gasteiger partial charge in [0.25, 0.3) is 5.91 Å². The maximum atomic E-state index is 12.3. The van der Waals surface area contributed by atoms with Crippen molar-refractivity contribution >= 4 is 17.5 Å². The van der Waals surface area contributed by atoms with E-state index in [-0.39, 0.29) is 24.2 Å². The predicted octanol–water partition coefficient (Wildman–Crippen LogP) is 2.90. The van der Waals surface area contributed by atoms with Gasteiger partial charge in [0.1, 0.15) is 5.69 Å². The molecule has 1 unspecified atom stereocenters. The van der Waals surface area contributed by atoms with E-state index in [1.165, 1.54) is 0 Å². The number of carbonyl (C=O) groups is 1. The zero-order valence-corrected chi connectivity index (χ0v) is 13.7. The first-order valence-corrected chi connectivity index (χ1v) is 7.78. The molecular formula is C17H16ClN3O3. The number of nitrogens with zero attached hydrogens (tertiary/aromatic N) is 2. The van der Waals surface area contributed by atoms with Gasteiger partial charge in [0.05, 0.1) is 18.6 Å². The normalized spacial score (nSPS) is 12.1. The number of aromatic nitrogens is 2. The molecule has 2 N–H and O–H groups in total. The highest BCUT2D eigenvalue weighted by molar-refractivity contribution is 6.30. The second-order valence-corrected chi connectivity index (χ2v) is 5.78. The van der Waals surface area contributed by atoms with Gasteiger partial charge >= 0.3 is 0 Å². The molecule has 0 aliphatic carbocycles. The summed E-state index contributed by atoms with van der Waals surface area (Å²) < 4.78 is 7.04. The van der Waals surface area contributed by atoms with Crippen LogP contribution in [0.15, 0.2) is 53.1 Å². The summed E-state index contributed by atoms with van der Waals surface area (Å²) in [5, 5.41) is 16.7. The number of furan rings is 1. The third-order valence-corrected chi connectivity index (χ3v) is 3.65. The molecule has 124 valence electrons. The molecule has 3 rings (SSSR count). The summed E-state index contributed by atoms with van der Waals surface area (Å²) in [4.78, 5) is 12.3. The number of aliphatic hydroxyl groups excluding tert-OH is 1. The Labute approximate surface area is 143 Å². The van der Waals surface area contributed by atoms with Crippen molar-refractivity contribution in [2.24, 2.45) is 0 Å². The molecule has 24 heavy (non-hydrogen) atoms. The van der Waals surface area contributed by atoms with Crippen LogP contribution in [0.1, 0.15) is 17.4 Å². The van der Waals surface area contributed by atoms with E-state index in [9.17, 15) is 4.79 Å². The van der Waals surface area contributed by atoms with E-state index < -0.39 is 0 Å². The zero-order chi connectivity index (χ0) is 17.1. The first kappa shape index (κ1) is 16.3. The number of halogens is 1. The summed E-state index contributed by atoms with van der Waals surface area (Å²) in [7, 11) is 0. The third-order valence-electron chi connectivity index (χ3n) is 3.42. The average Bonchev–Trinajstić information content (AvgIpc) is 3.23. The van der Waals surface area contributed by atoms with Gasteiger partial charge in [-0.1, -0.05) is 17.7 Å². The van der Waals surface area contributed by atoms with Crippen LogP contribution in [0, 0.1) is 0 Å². The minimum atomic E-state index is -0.370.